The number of benzene rings is 8. The van der Waals surface area contributed by atoms with E-state index in [2.05, 4.69) is 214 Å². The lowest BCUT2D eigenvalue weighted by atomic mass is 9.82. The number of nitrogens with one attached hydrogen (secondary N) is 1. The fourth-order valence-electron chi connectivity index (χ4n) is 9.89. The van der Waals surface area contributed by atoms with Crippen LogP contribution in [0.2, 0.25) is 0 Å². The van der Waals surface area contributed by atoms with Crippen LogP contribution < -0.4 is 4.90 Å². The average molecular weight is 719 g/mol. The SMILES string of the molecule is CC1(C)c2ccc(-c3cccc4c3[nH]c3ccccc34)cc2-c2cc(N(c3ccc(-c4ccccc4)cc3)c3ccc4c(c3)C(C)(C)c3ccccc3-4)ccc21. The van der Waals surface area contributed by atoms with Crippen molar-refractivity contribution in [3.05, 3.63) is 198 Å². The zero-order chi connectivity index (χ0) is 37.8. The second kappa shape index (κ2) is 11.9. The molecule has 0 spiro atoms. The summed E-state index contributed by atoms with van der Waals surface area (Å²) in [6.45, 7) is 9.47. The van der Waals surface area contributed by atoms with Gasteiger partial charge in [0.2, 0.25) is 0 Å². The van der Waals surface area contributed by atoms with Crippen LogP contribution in [-0.2, 0) is 10.8 Å². The van der Waals surface area contributed by atoms with Crippen molar-refractivity contribution in [3.63, 3.8) is 0 Å². The molecule has 56 heavy (non-hydrogen) atoms. The number of hydrogen-bond donors (Lipinski definition) is 1. The van der Waals surface area contributed by atoms with E-state index < -0.39 is 0 Å². The largest absolute Gasteiger partial charge is 0.354 e. The van der Waals surface area contributed by atoms with E-state index in [0.717, 1.165) is 17.1 Å². The van der Waals surface area contributed by atoms with Crippen LogP contribution in [0.25, 0.3) is 66.3 Å². The summed E-state index contributed by atoms with van der Waals surface area (Å²) in [5, 5.41) is 2.52. The predicted octanol–water partition coefficient (Wildman–Crippen LogP) is 14.7. The van der Waals surface area contributed by atoms with Gasteiger partial charge in [-0.1, -0.05) is 155 Å². The van der Waals surface area contributed by atoms with Crippen LogP contribution in [0.1, 0.15) is 49.9 Å². The molecule has 11 rings (SSSR count). The minimum atomic E-state index is -0.125. The number of aromatic amines is 1. The van der Waals surface area contributed by atoms with E-state index >= 15 is 0 Å². The lowest BCUT2D eigenvalue weighted by Crippen LogP contribution is -2.17. The van der Waals surface area contributed by atoms with Gasteiger partial charge in [0.15, 0.2) is 0 Å². The summed E-state index contributed by atoms with van der Waals surface area (Å²) in [5.41, 5.74) is 21.2. The average Bonchev–Trinajstić information content (AvgIpc) is 3.81. The standard InChI is InChI=1S/C54H42N2/c1-53(2)48-29-23-36(40-17-12-18-44-43-16-9-11-20-51(43)55-52(40)44)31-45(48)46-32-38(27-30-49(46)53)56(37-24-21-35(22-25-37)34-13-6-5-7-14-34)39-26-28-42-41-15-8-10-19-47(41)54(3,4)50(42)33-39/h5-33,55H,1-4H3. The Labute approximate surface area is 328 Å². The van der Waals surface area contributed by atoms with Crippen LogP contribution in [0.4, 0.5) is 17.1 Å². The molecule has 0 saturated carbocycles. The van der Waals surface area contributed by atoms with Crippen LogP contribution >= 0.6 is 0 Å². The first-order chi connectivity index (χ1) is 27.3. The molecule has 0 unspecified atom stereocenters. The summed E-state index contributed by atoms with van der Waals surface area (Å²) >= 11 is 0. The van der Waals surface area contributed by atoms with Gasteiger partial charge in [0, 0.05) is 49.7 Å². The van der Waals surface area contributed by atoms with Gasteiger partial charge in [0.05, 0.1) is 5.52 Å². The topological polar surface area (TPSA) is 19.0 Å². The second-order valence-corrected chi connectivity index (χ2v) is 16.7. The number of para-hydroxylation sites is 2. The molecular formula is C54H42N2. The number of hydrogen-bond acceptors (Lipinski definition) is 1. The Kier molecular flexibility index (Phi) is 6.98. The van der Waals surface area contributed by atoms with E-state index in [1.54, 1.807) is 0 Å². The summed E-state index contributed by atoms with van der Waals surface area (Å²) in [6, 6.07) is 65.3. The molecule has 268 valence electrons. The number of aromatic nitrogens is 1. The van der Waals surface area contributed by atoms with Gasteiger partial charge in [-0.3, -0.25) is 0 Å². The fraction of sp³-hybridized carbons (Fsp3) is 0.111. The highest BCUT2D eigenvalue weighted by Gasteiger charge is 2.38. The van der Waals surface area contributed by atoms with Crippen molar-refractivity contribution in [2.24, 2.45) is 0 Å². The Morgan fingerprint density at radius 1 is 0.357 bits per heavy atom. The Morgan fingerprint density at radius 2 is 0.911 bits per heavy atom. The van der Waals surface area contributed by atoms with Gasteiger partial charge in [0.25, 0.3) is 0 Å². The monoisotopic (exact) mass is 718 g/mol. The molecule has 0 atom stereocenters. The van der Waals surface area contributed by atoms with E-state index in [1.807, 2.05) is 0 Å². The predicted molar refractivity (Wildman–Crippen MR) is 236 cm³/mol. The Bertz CT molecular complexity index is 3020. The molecule has 1 N–H and O–H groups in total. The lowest BCUT2D eigenvalue weighted by molar-refractivity contribution is 0.660. The van der Waals surface area contributed by atoms with Crippen LogP contribution in [0.5, 0.6) is 0 Å². The second-order valence-electron chi connectivity index (χ2n) is 16.7. The smallest absolute Gasteiger partial charge is 0.0544 e. The fourth-order valence-corrected chi connectivity index (χ4v) is 9.89. The molecule has 2 heteroatoms. The highest BCUT2D eigenvalue weighted by molar-refractivity contribution is 6.12. The summed E-state index contributed by atoms with van der Waals surface area (Å²) in [6.07, 6.45) is 0. The van der Waals surface area contributed by atoms with Crippen molar-refractivity contribution >= 4 is 38.9 Å². The Balaban J connectivity index is 1.08. The minimum absolute atomic E-state index is 0.101. The van der Waals surface area contributed by atoms with Crippen molar-refractivity contribution in [2.75, 3.05) is 4.90 Å². The van der Waals surface area contributed by atoms with Crippen LogP contribution in [0.3, 0.4) is 0 Å². The van der Waals surface area contributed by atoms with E-state index in [9.17, 15) is 0 Å². The van der Waals surface area contributed by atoms with E-state index in [4.69, 9.17) is 0 Å². The third kappa shape index (κ3) is 4.75. The molecule has 8 aromatic carbocycles. The number of H-pyrrole nitrogens is 1. The van der Waals surface area contributed by atoms with Gasteiger partial charge in [-0.05, 0) is 110 Å². The molecule has 1 aromatic heterocycles. The molecule has 9 aromatic rings. The number of rotatable bonds is 5. The van der Waals surface area contributed by atoms with Crippen molar-refractivity contribution in [3.8, 4) is 44.5 Å². The maximum atomic E-state index is 3.75. The van der Waals surface area contributed by atoms with E-state index in [-0.39, 0.29) is 10.8 Å². The molecule has 0 aliphatic heterocycles. The normalized spacial score (nSPS) is 14.4. The molecule has 1 heterocycles. The van der Waals surface area contributed by atoms with Crippen molar-refractivity contribution in [1.29, 1.82) is 0 Å². The third-order valence-corrected chi connectivity index (χ3v) is 12.8. The molecule has 2 nitrogen and oxygen atoms in total. The molecular weight excluding hydrogens is 677 g/mol. The molecule has 2 aliphatic rings. The van der Waals surface area contributed by atoms with Crippen LogP contribution in [-0.4, -0.2) is 4.98 Å². The van der Waals surface area contributed by atoms with Crippen molar-refractivity contribution in [2.45, 2.75) is 38.5 Å². The van der Waals surface area contributed by atoms with Gasteiger partial charge < -0.3 is 9.88 Å². The van der Waals surface area contributed by atoms with Gasteiger partial charge in [0.1, 0.15) is 0 Å². The third-order valence-electron chi connectivity index (χ3n) is 12.8. The van der Waals surface area contributed by atoms with Gasteiger partial charge in [-0.25, -0.2) is 0 Å². The molecule has 0 amide bonds. The highest BCUT2D eigenvalue weighted by Crippen LogP contribution is 2.54. The quantitative estimate of drug-likeness (QED) is 0.188. The minimum Gasteiger partial charge on any atom is -0.354 e. The van der Waals surface area contributed by atoms with Crippen LogP contribution in [0.15, 0.2) is 176 Å². The first kappa shape index (κ1) is 32.8. The van der Waals surface area contributed by atoms with Gasteiger partial charge >= 0.3 is 0 Å². The lowest BCUT2D eigenvalue weighted by Gasteiger charge is -2.29. The number of nitrogens with zero attached hydrogens (tertiary/aromatic N) is 1. The molecule has 0 radical (unpaired) electrons. The van der Waals surface area contributed by atoms with Gasteiger partial charge in [-0.15, -0.1) is 0 Å². The molecule has 2 aliphatic carbocycles. The Morgan fingerprint density at radius 3 is 1.75 bits per heavy atom. The zero-order valence-corrected chi connectivity index (χ0v) is 32.2. The van der Waals surface area contributed by atoms with Crippen molar-refractivity contribution < 1.29 is 0 Å². The first-order valence-electron chi connectivity index (χ1n) is 19.8. The number of fused-ring (bicyclic) bond motifs is 9. The highest BCUT2D eigenvalue weighted by atomic mass is 15.1. The Hall–Kier alpha value is -6.64. The first-order valence-corrected chi connectivity index (χ1v) is 19.8. The number of anilines is 3. The summed E-state index contributed by atoms with van der Waals surface area (Å²) in [5.74, 6) is 0. The summed E-state index contributed by atoms with van der Waals surface area (Å²) < 4.78 is 0. The molecule has 0 bridgehead atoms. The van der Waals surface area contributed by atoms with E-state index in [0.29, 0.717) is 0 Å². The zero-order valence-electron chi connectivity index (χ0n) is 32.2. The summed E-state index contributed by atoms with van der Waals surface area (Å²) in [7, 11) is 0. The van der Waals surface area contributed by atoms with Crippen LogP contribution in [0, 0.1) is 0 Å². The molecule has 0 saturated heterocycles. The summed E-state index contributed by atoms with van der Waals surface area (Å²) in [4.78, 5) is 6.20. The van der Waals surface area contributed by atoms with Crippen molar-refractivity contribution in [1.82, 2.24) is 4.98 Å². The maximum absolute atomic E-state index is 3.75. The van der Waals surface area contributed by atoms with Gasteiger partial charge in [-0.2, -0.15) is 0 Å². The maximum Gasteiger partial charge on any atom is 0.0544 e. The molecule has 0 fully saturated rings. The van der Waals surface area contributed by atoms with E-state index in [1.165, 1.54) is 88.6 Å².